The van der Waals surface area contributed by atoms with E-state index in [4.69, 9.17) is 5.73 Å². The summed E-state index contributed by atoms with van der Waals surface area (Å²) in [6.45, 7) is 5.95. The number of nitrogens with one attached hydrogen (secondary N) is 1. The van der Waals surface area contributed by atoms with Crippen LogP contribution in [0.1, 0.15) is 26.7 Å². The van der Waals surface area contributed by atoms with Gasteiger partial charge >= 0.3 is 0 Å². The third-order valence-electron chi connectivity index (χ3n) is 2.69. The summed E-state index contributed by atoms with van der Waals surface area (Å²) in [5, 5.41) is 3.11. The van der Waals surface area contributed by atoms with Crippen LogP contribution in [0.15, 0.2) is 34.2 Å². The Morgan fingerprint density at radius 1 is 1.33 bits per heavy atom. The van der Waals surface area contributed by atoms with Gasteiger partial charge < -0.3 is 11.1 Å². The van der Waals surface area contributed by atoms with Gasteiger partial charge in [0.25, 0.3) is 0 Å². The molecule has 0 aliphatic carbocycles. The molecule has 0 radical (unpaired) electrons. The molecule has 0 amide bonds. The summed E-state index contributed by atoms with van der Waals surface area (Å²) in [5.41, 5.74) is 5.76. The SMILES string of the molecule is CC(C)CCNC(N)=NCCCSc1ccc(F)cc1.I. The van der Waals surface area contributed by atoms with Gasteiger partial charge in [0.15, 0.2) is 5.96 Å². The highest BCUT2D eigenvalue weighted by Crippen LogP contribution is 2.18. The fourth-order valence-electron chi connectivity index (χ4n) is 1.53. The van der Waals surface area contributed by atoms with Gasteiger partial charge in [0.05, 0.1) is 0 Å². The maximum Gasteiger partial charge on any atom is 0.188 e. The van der Waals surface area contributed by atoms with Gasteiger partial charge in [-0.3, -0.25) is 4.99 Å². The number of guanidine groups is 1. The van der Waals surface area contributed by atoms with Crippen LogP contribution in [-0.2, 0) is 0 Å². The average molecular weight is 425 g/mol. The lowest BCUT2D eigenvalue weighted by molar-refractivity contribution is 0.576. The lowest BCUT2D eigenvalue weighted by Gasteiger charge is -2.07. The fraction of sp³-hybridized carbons (Fsp3) is 0.533. The predicted octanol–water partition coefficient (Wildman–Crippen LogP) is 3.88. The Kier molecular flexibility index (Phi) is 11.8. The molecule has 0 spiro atoms. The molecule has 1 aromatic carbocycles. The Bertz CT molecular complexity index is 410. The number of benzene rings is 1. The van der Waals surface area contributed by atoms with Gasteiger partial charge in [-0.05, 0) is 48.8 Å². The van der Waals surface area contributed by atoms with E-state index in [2.05, 4.69) is 24.2 Å². The average Bonchev–Trinajstić information content (AvgIpc) is 2.40. The van der Waals surface area contributed by atoms with Crippen molar-refractivity contribution >= 4 is 41.7 Å². The van der Waals surface area contributed by atoms with Gasteiger partial charge in [-0.15, -0.1) is 35.7 Å². The maximum atomic E-state index is 12.7. The zero-order valence-electron chi connectivity index (χ0n) is 12.6. The van der Waals surface area contributed by atoms with Crippen molar-refractivity contribution in [2.45, 2.75) is 31.6 Å². The summed E-state index contributed by atoms with van der Waals surface area (Å²) in [4.78, 5) is 5.36. The first kappa shape index (κ1) is 20.5. The van der Waals surface area contributed by atoms with Crippen molar-refractivity contribution in [2.75, 3.05) is 18.8 Å². The van der Waals surface area contributed by atoms with Crippen LogP contribution >= 0.6 is 35.7 Å². The molecule has 1 aromatic rings. The number of nitrogens with zero attached hydrogens (tertiary/aromatic N) is 1. The molecule has 0 aliphatic heterocycles. The molecule has 0 fully saturated rings. The Morgan fingerprint density at radius 3 is 2.62 bits per heavy atom. The van der Waals surface area contributed by atoms with Gasteiger partial charge in [-0.1, -0.05) is 13.8 Å². The van der Waals surface area contributed by atoms with Crippen LogP contribution in [0.5, 0.6) is 0 Å². The molecule has 0 aromatic heterocycles. The van der Waals surface area contributed by atoms with E-state index in [-0.39, 0.29) is 29.8 Å². The van der Waals surface area contributed by atoms with Crippen molar-refractivity contribution in [1.82, 2.24) is 5.32 Å². The molecular formula is C15H25FIN3S. The Morgan fingerprint density at radius 2 is 2.00 bits per heavy atom. The van der Waals surface area contributed by atoms with E-state index in [1.54, 1.807) is 23.9 Å². The second-order valence-corrected chi connectivity index (χ2v) is 6.20. The van der Waals surface area contributed by atoms with Gasteiger partial charge in [-0.2, -0.15) is 0 Å². The zero-order chi connectivity index (χ0) is 14.8. The smallest absolute Gasteiger partial charge is 0.188 e. The number of rotatable bonds is 8. The molecule has 21 heavy (non-hydrogen) atoms. The number of hydrogen-bond acceptors (Lipinski definition) is 2. The van der Waals surface area contributed by atoms with Gasteiger partial charge in [0, 0.05) is 18.0 Å². The Labute approximate surface area is 148 Å². The lowest BCUT2D eigenvalue weighted by atomic mass is 10.1. The number of halogens is 2. The van der Waals surface area contributed by atoms with Crippen LogP contribution in [0.2, 0.25) is 0 Å². The fourth-order valence-corrected chi connectivity index (χ4v) is 2.37. The highest BCUT2D eigenvalue weighted by Gasteiger charge is 1.96. The molecule has 0 unspecified atom stereocenters. The van der Waals surface area contributed by atoms with Crippen molar-refractivity contribution in [3.63, 3.8) is 0 Å². The molecule has 1 rings (SSSR count). The quantitative estimate of drug-likeness (QED) is 0.219. The van der Waals surface area contributed by atoms with Crippen molar-refractivity contribution in [1.29, 1.82) is 0 Å². The summed E-state index contributed by atoms with van der Waals surface area (Å²) in [6, 6.07) is 6.56. The lowest BCUT2D eigenvalue weighted by Crippen LogP contribution is -2.33. The molecule has 6 heteroatoms. The number of nitrogens with two attached hydrogens (primary N) is 1. The highest BCUT2D eigenvalue weighted by atomic mass is 127. The van der Waals surface area contributed by atoms with Crippen molar-refractivity contribution in [2.24, 2.45) is 16.6 Å². The van der Waals surface area contributed by atoms with E-state index < -0.39 is 0 Å². The van der Waals surface area contributed by atoms with Gasteiger partial charge in [0.1, 0.15) is 5.82 Å². The molecular weight excluding hydrogens is 400 g/mol. The third-order valence-corrected chi connectivity index (χ3v) is 3.79. The minimum Gasteiger partial charge on any atom is -0.370 e. The zero-order valence-corrected chi connectivity index (χ0v) is 15.8. The summed E-state index contributed by atoms with van der Waals surface area (Å²) in [5.74, 6) is 1.95. The van der Waals surface area contributed by atoms with E-state index in [9.17, 15) is 4.39 Å². The molecule has 3 N–H and O–H groups in total. The Balaban J connectivity index is 0.00000400. The van der Waals surface area contributed by atoms with Crippen molar-refractivity contribution < 1.29 is 4.39 Å². The molecule has 120 valence electrons. The minimum absolute atomic E-state index is 0. The molecule has 0 atom stereocenters. The molecule has 0 aliphatic rings. The predicted molar refractivity (Wildman–Crippen MR) is 101 cm³/mol. The second-order valence-electron chi connectivity index (χ2n) is 5.03. The van der Waals surface area contributed by atoms with E-state index in [1.807, 2.05) is 0 Å². The number of hydrogen-bond donors (Lipinski definition) is 2. The van der Waals surface area contributed by atoms with Crippen LogP contribution in [0, 0.1) is 11.7 Å². The molecule has 0 heterocycles. The van der Waals surface area contributed by atoms with E-state index in [1.165, 1.54) is 12.1 Å². The maximum absolute atomic E-state index is 12.7. The minimum atomic E-state index is -0.195. The van der Waals surface area contributed by atoms with E-state index >= 15 is 0 Å². The van der Waals surface area contributed by atoms with Crippen LogP contribution < -0.4 is 11.1 Å². The van der Waals surface area contributed by atoms with Crippen LogP contribution in [0.3, 0.4) is 0 Å². The molecule has 3 nitrogen and oxygen atoms in total. The molecule has 0 bridgehead atoms. The molecule has 0 saturated carbocycles. The first-order chi connectivity index (χ1) is 9.58. The van der Waals surface area contributed by atoms with Gasteiger partial charge in [0.2, 0.25) is 0 Å². The van der Waals surface area contributed by atoms with Crippen molar-refractivity contribution in [3.05, 3.63) is 30.1 Å². The first-order valence-corrected chi connectivity index (χ1v) is 7.98. The summed E-state index contributed by atoms with van der Waals surface area (Å²) in [7, 11) is 0. The topological polar surface area (TPSA) is 50.4 Å². The normalized spacial score (nSPS) is 11.3. The monoisotopic (exact) mass is 425 g/mol. The summed E-state index contributed by atoms with van der Waals surface area (Å²) in [6.07, 6.45) is 2.05. The summed E-state index contributed by atoms with van der Waals surface area (Å²) < 4.78 is 12.7. The van der Waals surface area contributed by atoms with Crippen LogP contribution in [0.25, 0.3) is 0 Å². The van der Waals surface area contributed by atoms with Gasteiger partial charge in [-0.25, -0.2) is 4.39 Å². The van der Waals surface area contributed by atoms with E-state index in [0.29, 0.717) is 18.4 Å². The number of thioether (sulfide) groups is 1. The number of aliphatic imine (C=N–C) groups is 1. The Hall–Kier alpha value is -0.500. The second kappa shape index (κ2) is 12.1. The largest absolute Gasteiger partial charge is 0.370 e. The third kappa shape index (κ3) is 10.8. The van der Waals surface area contributed by atoms with Crippen LogP contribution in [-0.4, -0.2) is 24.8 Å². The van der Waals surface area contributed by atoms with E-state index in [0.717, 1.165) is 30.0 Å². The standard InChI is InChI=1S/C15H24FN3S.HI/c1-12(2)8-10-19-15(17)18-9-3-11-20-14-6-4-13(16)5-7-14;/h4-7,12H,3,8-11H2,1-2H3,(H3,17,18,19);1H. The first-order valence-electron chi connectivity index (χ1n) is 7.00. The molecule has 0 saturated heterocycles. The van der Waals surface area contributed by atoms with Crippen molar-refractivity contribution in [3.8, 4) is 0 Å². The van der Waals surface area contributed by atoms with Crippen LogP contribution in [0.4, 0.5) is 4.39 Å². The highest BCUT2D eigenvalue weighted by molar-refractivity contribution is 14.0. The summed E-state index contributed by atoms with van der Waals surface area (Å²) >= 11 is 1.71.